The van der Waals surface area contributed by atoms with E-state index in [1.807, 2.05) is 37.2 Å². The Labute approximate surface area is 112 Å². The predicted octanol–water partition coefficient (Wildman–Crippen LogP) is 1.38. The van der Waals surface area contributed by atoms with E-state index in [9.17, 15) is 9.59 Å². The van der Waals surface area contributed by atoms with Crippen LogP contribution < -0.4 is 0 Å². The molecule has 0 radical (unpaired) electrons. The molecule has 5 nitrogen and oxygen atoms in total. The molecular formula is C14H19NO4. The summed E-state index contributed by atoms with van der Waals surface area (Å²) in [5.41, 5.74) is 0.165. The molecule has 19 heavy (non-hydrogen) atoms. The second kappa shape index (κ2) is 6.45. The van der Waals surface area contributed by atoms with Crippen molar-refractivity contribution in [1.82, 2.24) is 4.90 Å². The standard InChI is InChI=1S/C14H19NO4/c1-11(16)4-5-12-6-8-14(9-7-12,15(2)3)19-10-13(17)18/h4-8H,9-10H2,1-3H3,(H,17,18). The highest BCUT2D eigenvalue weighted by Crippen LogP contribution is 2.27. The number of carboxylic acids is 1. The lowest BCUT2D eigenvalue weighted by Gasteiger charge is -2.37. The van der Waals surface area contributed by atoms with E-state index in [1.54, 1.807) is 6.08 Å². The number of nitrogens with zero attached hydrogens (tertiary/aromatic N) is 1. The fourth-order valence-electron chi connectivity index (χ4n) is 1.72. The average molecular weight is 265 g/mol. The summed E-state index contributed by atoms with van der Waals surface area (Å²) in [6.07, 6.45) is 9.32. The van der Waals surface area contributed by atoms with Crippen molar-refractivity contribution in [2.45, 2.75) is 19.1 Å². The number of carbonyl (C=O) groups is 2. The van der Waals surface area contributed by atoms with Crippen LogP contribution >= 0.6 is 0 Å². The van der Waals surface area contributed by atoms with Crippen molar-refractivity contribution in [3.05, 3.63) is 36.0 Å². The monoisotopic (exact) mass is 265 g/mol. The highest BCUT2D eigenvalue weighted by molar-refractivity contribution is 5.87. The number of hydrogen-bond acceptors (Lipinski definition) is 4. The van der Waals surface area contributed by atoms with Gasteiger partial charge in [0.15, 0.2) is 5.78 Å². The molecule has 0 saturated carbocycles. The van der Waals surface area contributed by atoms with Gasteiger partial charge in [0.25, 0.3) is 0 Å². The maximum atomic E-state index is 10.9. The Morgan fingerprint density at radius 3 is 2.63 bits per heavy atom. The maximum absolute atomic E-state index is 10.9. The SMILES string of the molecule is CC(=O)C=CC1=CCC(OCC(=O)O)(N(C)C)C=C1. The number of carbonyl (C=O) groups excluding carboxylic acids is 1. The molecule has 1 atom stereocenters. The van der Waals surface area contributed by atoms with E-state index < -0.39 is 11.7 Å². The third-order valence-electron chi connectivity index (χ3n) is 2.88. The number of allylic oxidation sites excluding steroid dienone is 4. The summed E-state index contributed by atoms with van der Waals surface area (Å²) in [4.78, 5) is 23.3. The second-order valence-electron chi connectivity index (χ2n) is 4.61. The van der Waals surface area contributed by atoms with Crippen molar-refractivity contribution in [1.29, 1.82) is 0 Å². The molecule has 0 aliphatic heterocycles. The van der Waals surface area contributed by atoms with Crippen LogP contribution in [0.25, 0.3) is 0 Å². The van der Waals surface area contributed by atoms with Gasteiger partial charge in [-0.3, -0.25) is 9.69 Å². The van der Waals surface area contributed by atoms with Gasteiger partial charge in [0.1, 0.15) is 12.3 Å². The van der Waals surface area contributed by atoms with Crippen molar-refractivity contribution in [3.8, 4) is 0 Å². The summed E-state index contributed by atoms with van der Waals surface area (Å²) in [5, 5.41) is 8.71. The van der Waals surface area contributed by atoms with Gasteiger partial charge >= 0.3 is 5.97 Å². The highest BCUT2D eigenvalue weighted by Gasteiger charge is 2.32. The van der Waals surface area contributed by atoms with Gasteiger partial charge in [-0.15, -0.1) is 0 Å². The number of hydrogen-bond donors (Lipinski definition) is 1. The van der Waals surface area contributed by atoms with Gasteiger partial charge < -0.3 is 9.84 Å². The minimum Gasteiger partial charge on any atom is -0.480 e. The van der Waals surface area contributed by atoms with E-state index in [0.29, 0.717) is 6.42 Å². The molecule has 1 aliphatic rings. The van der Waals surface area contributed by atoms with Crippen molar-refractivity contribution in [2.75, 3.05) is 20.7 Å². The molecule has 0 aromatic rings. The van der Waals surface area contributed by atoms with Crippen LogP contribution in [0.5, 0.6) is 0 Å². The van der Waals surface area contributed by atoms with E-state index in [0.717, 1.165) is 5.57 Å². The number of aliphatic carboxylic acids is 1. The summed E-state index contributed by atoms with van der Waals surface area (Å²) in [6.45, 7) is 1.14. The van der Waals surface area contributed by atoms with Gasteiger partial charge in [-0.05, 0) is 38.7 Å². The van der Waals surface area contributed by atoms with Gasteiger partial charge in [0.05, 0.1) is 0 Å². The number of carboxylic acid groups (broad SMARTS) is 1. The number of likely N-dealkylation sites (N-methyl/N-ethyl adjacent to an activating group) is 1. The van der Waals surface area contributed by atoms with E-state index in [-0.39, 0.29) is 12.4 Å². The van der Waals surface area contributed by atoms with Gasteiger partial charge in [-0.1, -0.05) is 18.2 Å². The lowest BCUT2D eigenvalue weighted by molar-refractivity contribution is -0.157. The van der Waals surface area contributed by atoms with Crippen LogP contribution in [0.2, 0.25) is 0 Å². The molecular weight excluding hydrogens is 246 g/mol. The van der Waals surface area contributed by atoms with Crippen LogP contribution in [0, 0.1) is 0 Å². The molecule has 0 saturated heterocycles. The molecule has 1 rings (SSSR count). The maximum Gasteiger partial charge on any atom is 0.329 e. The molecule has 0 fully saturated rings. The van der Waals surface area contributed by atoms with E-state index >= 15 is 0 Å². The van der Waals surface area contributed by atoms with Crippen molar-refractivity contribution in [2.24, 2.45) is 0 Å². The van der Waals surface area contributed by atoms with Gasteiger partial charge in [0, 0.05) is 6.42 Å². The van der Waals surface area contributed by atoms with Crippen LogP contribution in [0.3, 0.4) is 0 Å². The van der Waals surface area contributed by atoms with Gasteiger partial charge in [-0.25, -0.2) is 4.79 Å². The molecule has 1 N–H and O–H groups in total. The lowest BCUT2D eigenvalue weighted by atomic mass is 9.98. The third kappa shape index (κ3) is 4.46. The van der Waals surface area contributed by atoms with E-state index in [2.05, 4.69) is 0 Å². The minimum absolute atomic E-state index is 0.0131. The minimum atomic E-state index is -0.999. The third-order valence-corrected chi connectivity index (χ3v) is 2.88. The van der Waals surface area contributed by atoms with Crippen LogP contribution in [0.15, 0.2) is 36.0 Å². The molecule has 104 valence electrons. The fraction of sp³-hybridized carbons (Fsp3) is 0.429. The summed E-state index contributed by atoms with van der Waals surface area (Å²) in [6, 6.07) is 0. The van der Waals surface area contributed by atoms with Crippen molar-refractivity contribution < 1.29 is 19.4 Å². The first-order chi connectivity index (χ1) is 8.85. The molecule has 0 amide bonds. The van der Waals surface area contributed by atoms with Crippen LogP contribution in [0.4, 0.5) is 0 Å². The number of ether oxygens (including phenoxy) is 1. The Hall–Kier alpha value is -1.72. The second-order valence-corrected chi connectivity index (χ2v) is 4.61. The Morgan fingerprint density at radius 1 is 1.53 bits per heavy atom. The predicted molar refractivity (Wildman–Crippen MR) is 71.7 cm³/mol. The Morgan fingerprint density at radius 2 is 2.21 bits per heavy atom. The smallest absolute Gasteiger partial charge is 0.329 e. The van der Waals surface area contributed by atoms with Crippen molar-refractivity contribution >= 4 is 11.8 Å². The van der Waals surface area contributed by atoms with Crippen molar-refractivity contribution in [3.63, 3.8) is 0 Å². The van der Waals surface area contributed by atoms with Gasteiger partial charge in [0.2, 0.25) is 0 Å². The molecule has 0 aromatic heterocycles. The quantitative estimate of drug-likeness (QED) is 0.580. The summed E-state index contributed by atoms with van der Waals surface area (Å²) < 4.78 is 5.47. The number of rotatable bonds is 6. The largest absolute Gasteiger partial charge is 0.480 e. The lowest BCUT2D eigenvalue weighted by Crippen LogP contribution is -2.46. The van der Waals surface area contributed by atoms with Crippen LogP contribution in [-0.4, -0.2) is 48.2 Å². The van der Waals surface area contributed by atoms with Crippen LogP contribution in [0.1, 0.15) is 13.3 Å². The van der Waals surface area contributed by atoms with Crippen LogP contribution in [-0.2, 0) is 14.3 Å². The van der Waals surface area contributed by atoms with Gasteiger partial charge in [-0.2, -0.15) is 0 Å². The summed E-state index contributed by atoms with van der Waals surface area (Å²) >= 11 is 0. The molecule has 5 heteroatoms. The molecule has 1 aliphatic carbocycles. The first-order valence-electron chi connectivity index (χ1n) is 5.97. The molecule has 0 heterocycles. The zero-order chi connectivity index (χ0) is 14.5. The topological polar surface area (TPSA) is 66.8 Å². The zero-order valence-corrected chi connectivity index (χ0v) is 11.4. The fourth-order valence-corrected chi connectivity index (χ4v) is 1.72. The Bertz CT molecular complexity index is 448. The first kappa shape index (κ1) is 15.3. The summed E-state index contributed by atoms with van der Waals surface area (Å²) in [7, 11) is 3.66. The molecule has 1 unspecified atom stereocenters. The molecule has 0 aromatic carbocycles. The molecule has 0 spiro atoms. The first-order valence-corrected chi connectivity index (χ1v) is 5.97. The Balaban J connectivity index is 2.77. The zero-order valence-electron chi connectivity index (χ0n) is 11.4. The normalized spacial score (nSPS) is 22.8. The summed E-state index contributed by atoms with van der Waals surface area (Å²) in [5.74, 6) is -1.01. The van der Waals surface area contributed by atoms with E-state index in [1.165, 1.54) is 13.0 Å². The average Bonchev–Trinajstić information content (AvgIpc) is 2.34. The van der Waals surface area contributed by atoms with E-state index in [4.69, 9.17) is 9.84 Å². The number of ketones is 1. The highest BCUT2D eigenvalue weighted by atomic mass is 16.5. The Kier molecular flexibility index (Phi) is 5.20. The molecule has 0 bridgehead atoms.